The topological polar surface area (TPSA) is 65.0 Å². The summed E-state index contributed by atoms with van der Waals surface area (Å²) in [5.74, 6) is -0.501. The van der Waals surface area contributed by atoms with Gasteiger partial charge < -0.3 is 9.47 Å². The number of hydrogen-bond donors (Lipinski definition) is 0. The molecule has 0 amide bonds. The molecule has 112 valence electrons. The normalized spacial score (nSPS) is 11.3. The third kappa shape index (κ3) is 4.12. The molecule has 0 heterocycles. The Labute approximate surface area is 128 Å². The van der Waals surface area contributed by atoms with Crippen LogP contribution >= 0.6 is 0 Å². The molecule has 0 N–H and O–H groups in total. The highest BCUT2D eigenvalue weighted by atomic mass is 16.6. The quantitative estimate of drug-likeness (QED) is 0.467. The number of carbonyl (C=O) groups is 1. The molecular weight excluding hydrogens is 282 g/mol. The van der Waals surface area contributed by atoms with Crippen LogP contribution in [0.3, 0.4) is 0 Å². The fourth-order valence-electron chi connectivity index (χ4n) is 1.98. The monoisotopic (exact) mass is 297 g/mol. The van der Waals surface area contributed by atoms with Gasteiger partial charge in [0, 0.05) is 7.11 Å². The van der Waals surface area contributed by atoms with Gasteiger partial charge in [0.2, 0.25) is 6.08 Å². The zero-order valence-electron chi connectivity index (χ0n) is 12.1. The highest BCUT2D eigenvalue weighted by Crippen LogP contribution is 2.23. The van der Waals surface area contributed by atoms with Gasteiger partial charge in [-0.1, -0.05) is 42.5 Å². The minimum atomic E-state index is -0.870. The Bertz CT molecular complexity index is 678. The second-order valence-electron chi connectivity index (χ2n) is 4.51. The van der Waals surface area contributed by atoms with Gasteiger partial charge in [0.1, 0.15) is 6.61 Å². The van der Waals surface area contributed by atoms with Crippen LogP contribution in [0.1, 0.15) is 17.2 Å². The predicted molar refractivity (Wildman–Crippen MR) is 80.2 cm³/mol. The minimum Gasteiger partial charge on any atom is -0.459 e. The summed E-state index contributed by atoms with van der Waals surface area (Å²) in [6.45, 7) is 0.172. The maximum Gasteiger partial charge on any atom is 0.340 e. The molecular formula is C17H15NO4. The Morgan fingerprint density at radius 2 is 1.95 bits per heavy atom. The Hall–Kier alpha value is -2.75. The van der Waals surface area contributed by atoms with E-state index in [4.69, 9.17) is 9.47 Å². The first-order chi connectivity index (χ1) is 10.7. The number of aliphatic imine (C=N–C) groups is 1. The molecule has 0 radical (unpaired) electrons. The van der Waals surface area contributed by atoms with Gasteiger partial charge in [-0.25, -0.2) is 9.59 Å². The van der Waals surface area contributed by atoms with E-state index in [-0.39, 0.29) is 6.61 Å². The van der Waals surface area contributed by atoms with Crippen LogP contribution in [0.25, 0.3) is 0 Å². The summed E-state index contributed by atoms with van der Waals surface area (Å²) >= 11 is 0. The van der Waals surface area contributed by atoms with E-state index < -0.39 is 12.1 Å². The number of isocyanates is 1. The zero-order valence-corrected chi connectivity index (χ0v) is 12.1. The second kappa shape index (κ2) is 7.88. The van der Waals surface area contributed by atoms with Gasteiger partial charge in [0.05, 0.1) is 5.69 Å². The Morgan fingerprint density at radius 3 is 2.64 bits per heavy atom. The standard InChI is InChI=1S/C17H15NO4/c1-21-16(14-8-5-9-15(10-14)18-12-19)17(20)22-11-13-6-3-2-4-7-13/h2-10,16H,11H2,1H3/t16-/m0/s1. The summed E-state index contributed by atoms with van der Waals surface area (Å²) in [5, 5.41) is 0. The fourth-order valence-corrected chi connectivity index (χ4v) is 1.98. The van der Waals surface area contributed by atoms with Crippen LogP contribution in [-0.4, -0.2) is 19.2 Å². The van der Waals surface area contributed by atoms with Crippen molar-refractivity contribution in [2.75, 3.05) is 7.11 Å². The molecule has 5 heteroatoms. The van der Waals surface area contributed by atoms with E-state index in [1.807, 2.05) is 30.3 Å². The number of hydrogen-bond acceptors (Lipinski definition) is 5. The molecule has 1 atom stereocenters. The third-order valence-electron chi connectivity index (χ3n) is 3.02. The summed E-state index contributed by atoms with van der Waals surface area (Å²) in [6, 6.07) is 16.0. The summed E-state index contributed by atoms with van der Waals surface area (Å²) in [6.07, 6.45) is 0.592. The number of nitrogens with zero attached hydrogens (tertiary/aromatic N) is 1. The van der Waals surface area contributed by atoms with Crippen LogP contribution in [0.15, 0.2) is 59.6 Å². The molecule has 2 rings (SSSR count). The van der Waals surface area contributed by atoms with Crippen molar-refractivity contribution in [3.8, 4) is 0 Å². The largest absolute Gasteiger partial charge is 0.459 e. The lowest BCUT2D eigenvalue weighted by Crippen LogP contribution is -2.17. The average molecular weight is 297 g/mol. The molecule has 0 saturated carbocycles. The van der Waals surface area contributed by atoms with E-state index in [0.717, 1.165) is 5.56 Å². The van der Waals surface area contributed by atoms with E-state index in [1.54, 1.807) is 24.3 Å². The van der Waals surface area contributed by atoms with Gasteiger partial charge in [-0.05, 0) is 23.3 Å². The average Bonchev–Trinajstić information content (AvgIpc) is 2.55. The van der Waals surface area contributed by atoms with Crippen LogP contribution in [0.4, 0.5) is 5.69 Å². The van der Waals surface area contributed by atoms with Gasteiger partial charge in [0.15, 0.2) is 6.10 Å². The second-order valence-corrected chi connectivity index (χ2v) is 4.51. The Balaban J connectivity index is 2.08. The number of methoxy groups -OCH3 is 1. The fraction of sp³-hybridized carbons (Fsp3) is 0.176. The van der Waals surface area contributed by atoms with Crippen LogP contribution in [0.5, 0.6) is 0 Å². The molecule has 0 aliphatic rings. The molecule has 0 unspecified atom stereocenters. The maximum atomic E-state index is 12.2. The lowest BCUT2D eigenvalue weighted by Gasteiger charge is -2.15. The van der Waals surface area contributed by atoms with Crippen molar-refractivity contribution in [3.63, 3.8) is 0 Å². The summed E-state index contributed by atoms with van der Waals surface area (Å²) in [4.78, 5) is 26.0. The van der Waals surface area contributed by atoms with E-state index >= 15 is 0 Å². The van der Waals surface area contributed by atoms with Crippen molar-refractivity contribution in [1.82, 2.24) is 0 Å². The van der Waals surface area contributed by atoms with Crippen molar-refractivity contribution >= 4 is 17.7 Å². The minimum absolute atomic E-state index is 0.172. The summed E-state index contributed by atoms with van der Waals surface area (Å²) < 4.78 is 10.5. The van der Waals surface area contributed by atoms with Gasteiger partial charge >= 0.3 is 5.97 Å². The Kier molecular flexibility index (Phi) is 5.60. The van der Waals surface area contributed by atoms with E-state index in [9.17, 15) is 9.59 Å². The summed E-state index contributed by atoms with van der Waals surface area (Å²) in [7, 11) is 1.42. The molecule has 22 heavy (non-hydrogen) atoms. The first kappa shape index (κ1) is 15.6. The smallest absolute Gasteiger partial charge is 0.340 e. The predicted octanol–water partition coefficient (Wildman–Crippen LogP) is 3.08. The van der Waals surface area contributed by atoms with Crippen molar-refractivity contribution in [3.05, 3.63) is 65.7 Å². The number of benzene rings is 2. The van der Waals surface area contributed by atoms with Crippen LogP contribution in [0.2, 0.25) is 0 Å². The van der Waals surface area contributed by atoms with E-state index in [2.05, 4.69) is 4.99 Å². The van der Waals surface area contributed by atoms with Crippen molar-refractivity contribution in [2.24, 2.45) is 4.99 Å². The molecule has 0 aromatic heterocycles. The van der Waals surface area contributed by atoms with Crippen LogP contribution in [0, 0.1) is 0 Å². The van der Waals surface area contributed by atoms with Crippen molar-refractivity contribution in [1.29, 1.82) is 0 Å². The molecule has 0 spiro atoms. The highest BCUT2D eigenvalue weighted by molar-refractivity contribution is 5.77. The highest BCUT2D eigenvalue weighted by Gasteiger charge is 2.22. The molecule has 2 aromatic rings. The number of ether oxygens (including phenoxy) is 2. The van der Waals surface area contributed by atoms with E-state index in [0.29, 0.717) is 11.3 Å². The molecule has 0 aliphatic heterocycles. The van der Waals surface area contributed by atoms with Crippen molar-refractivity contribution in [2.45, 2.75) is 12.7 Å². The molecule has 5 nitrogen and oxygen atoms in total. The van der Waals surface area contributed by atoms with E-state index in [1.165, 1.54) is 13.2 Å². The SMILES string of the molecule is CO[C@H](C(=O)OCc1ccccc1)c1cccc(N=C=O)c1. The van der Waals surface area contributed by atoms with Gasteiger partial charge in [-0.2, -0.15) is 4.99 Å². The van der Waals surface area contributed by atoms with Gasteiger partial charge in [0.25, 0.3) is 0 Å². The number of carbonyl (C=O) groups excluding carboxylic acids is 2. The summed E-state index contributed by atoms with van der Waals surface area (Å²) in [5.41, 5.74) is 1.87. The van der Waals surface area contributed by atoms with Crippen LogP contribution < -0.4 is 0 Å². The molecule has 2 aromatic carbocycles. The first-order valence-corrected chi connectivity index (χ1v) is 6.66. The molecule has 0 saturated heterocycles. The number of rotatable bonds is 6. The van der Waals surface area contributed by atoms with Crippen LogP contribution in [-0.2, 0) is 25.7 Å². The maximum absolute atomic E-state index is 12.2. The third-order valence-corrected chi connectivity index (χ3v) is 3.02. The van der Waals surface area contributed by atoms with Gasteiger partial charge in [-0.15, -0.1) is 0 Å². The first-order valence-electron chi connectivity index (χ1n) is 6.66. The van der Waals surface area contributed by atoms with Crippen molar-refractivity contribution < 1.29 is 19.1 Å². The lowest BCUT2D eigenvalue weighted by atomic mass is 10.1. The Morgan fingerprint density at radius 1 is 1.18 bits per heavy atom. The molecule has 0 aliphatic carbocycles. The zero-order chi connectivity index (χ0) is 15.8. The molecule has 0 bridgehead atoms. The lowest BCUT2D eigenvalue weighted by molar-refractivity contribution is -0.157. The number of esters is 1. The van der Waals surface area contributed by atoms with Gasteiger partial charge in [-0.3, -0.25) is 0 Å². The molecule has 0 fully saturated rings.